The molecule has 3 nitrogen and oxygen atoms in total. The van der Waals surface area contributed by atoms with Gasteiger partial charge in [-0.3, -0.25) is 0 Å². The van der Waals surface area contributed by atoms with E-state index in [4.69, 9.17) is 4.74 Å². The van der Waals surface area contributed by atoms with Gasteiger partial charge in [0.2, 0.25) is 0 Å². The van der Waals surface area contributed by atoms with E-state index >= 15 is 0 Å². The molecule has 0 bridgehead atoms. The molecule has 0 unspecified atom stereocenters. The SMILES string of the molecule is [Li+].[O-]OSc1ccccc1CCOCc1ccccc1. The Morgan fingerprint density at radius 2 is 1.65 bits per heavy atom. The van der Waals surface area contributed by atoms with Crippen LogP contribution in [-0.2, 0) is 22.1 Å². The van der Waals surface area contributed by atoms with Crippen LogP contribution < -0.4 is 24.1 Å². The molecule has 5 heteroatoms. The molecule has 0 aliphatic rings. The van der Waals surface area contributed by atoms with Crippen molar-refractivity contribution in [2.24, 2.45) is 0 Å². The Bertz CT molecular complexity index is 493. The molecule has 0 aromatic heterocycles. The average Bonchev–Trinajstić information content (AvgIpc) is 2.47. The van der Waals surface area contributed by atoms with Crippen LogP contribution >= 0.6 is 12.0 Å². The van der Waals surface area contributed by atoms with Gasteiger partial charge in [-0.1, -0.05) is 48.5 Å². The second-order valence-corrected chi connectivity index (χ2v) is 4.79. The third-order valence-corrected chi connectivity index (χ3v) is 3.37. The number of rotatable bonds is 7. The Labute approximate surface area is 135 Å². The smallest absolute Gasteiger partial charge is 0.710 e. The van der Waals surface area contributed by atoms with Gasteiger partial charge in [0.25, 0.3) is 0 Å². The molecule has 0 radical (unpaired) electrons. The molecule has 0 fully saturated rings. The molecule has 20 heavy (non-hydrogen) atoms. The zero-order chi connectivity index (χ0) is 13.3. The summed E-state index contributed by atoms with van der Waals surface area (Å²) < 4.78 is 9.50. The Balaban J connectivity index is 0.00000200. The molecular formula is C15H15LiO3S. The van der Waals surface area contributed by atoms with Gasteiger partial charge >= 0.3 is 18.9 Å². The summed E-state index contributed by atoms with van der Waals surface area (Å²) in [7, 11) is 0. The molecule has 2 aromatic rings. The van der Waals surface area contributed by atoms with Crippen molar-refractivity contribution >= 4 is 12.0 Å². The standard InChI is InChI=1S/C15H16O3S.Li/c16-18-19-15-9-5-4-8-14(15)10-11-17-12-13-6-2-1-3-7-13;/h1-9,16H,10-12H2;/q;+1/p-1. The van der Waals surface area contributed by atoms with E-state index < -0.39 is 0 Å². The van der Waals surface area contributed by atoms with E-state index in [2.05, 4.69) is 4.33 Å². The first-order valence-corrected chi connectivity index (χ1v) is 6.80. The number of ether oxygens (including phenoxy) is 1. The van der Waals surface area contributed by atoms with Gasteiger partial charge in [-0.25, -0.2) is 0 Å². The average molecular weight is 282 g/mol. The Morgan fingerprint density at radius 3 is 2.40 bits per heavy atom. The molecule has 0 aliphatic carbocycles. The van der Waals surface area contributed by atoms with Gasteiger partial charge in [0.1, 0.15) is 0 Å². The molecule has 0 aliphatic heterocycles. The number of hydrogen-bond acceptors (Lipinski definition) is 4. The molecule has 0 saturated carbocycles. The second kappa shape index (κ2) is 10.1. The van der Waals surface area contributed by atoms with Gasteiger partial charge in [-0.2, -0.15) is 0 Å². The second-order valence-electron chi connectivity index (χ2n) is 4.05. The van der Waals surface area contributed by atoms with E-state index in [1.165, 1.54) is 0 Å². The van der Waals surface area contributed by atoms with E-state index in [-0.39, 0.29) is 18.9 Å². The van der Waals surface area contributed by atoms with E-state index in [1.54, 1.807) is 0 Å². The molecule has 0 spiro atoms. The molecule has 2 rings (SSSR count). The van der Waals surface area contributed by atoms with Crippen molar-refractivity contribution in [2.45, 2.75) is 17.9 Å². The van der Waals surface area contributed by atoms with Crippen molar-refractivity contribution in [3.63, 3.8) is 0 Å². The van der Waals surface area contributed by atoms with Crippen LogP contribution in [0.4, 0.5) is 0 Å². The third-order valence-electron chi connectivity index (χ3n) is 2.72. The van der Waals surface area contributed by atoms with E-state index in [9.17, 15) is 5.26 Å². The largest absolute Gasteiger partial charge is 1.00 e. The quantitative estimate of drug-likeness (QED) is 0.231. The first-order chi connectivity index (χ1) is 9.40. The van der Waals surface area contributed by atoms with Crippen LogP contribution in [-0.4, -0.2) is 6.61 Å². The van der Waals surface area contributed by atoms with Crippen LogP contribution in [0.1, 0.15) is 11.1 Å². The summed E-state index contributed by atoms with van der Waals surface area (Å²) in [4.78, 5) is 0.848. The minimum atomic E-state index is 0. The van der Waals surface area contributed by atoms with Crippen LogP contribution in [0.15, 0.2) is 59.5 Å². The Morgan fingerprint density at radius 1 is 0.950 bits per heavy atom. The van der Waals surface area contributed by atoms with Crippen molar-refractivity contribution in [2.75, 3.05) is 6.61 Å². The first kappa shape index (κ1) is 17.3. The summed E-state index contributed by atoms with van der Waals surface area (Å²) in [6, 6.07) is 17.7. The van der Waals surface area contributed by atoms with Crippen LogP contribution in [0.2, 0.25) is 0 Å². The van der Waals surface area contributed by atoms with Gasteiger partial charge in [-0.15, -0.1) is 0 Å². The molecule has 2 aromatic carbocycles. The molecule has 0 amide bonds. The molecule has 0 saturated heterocycles. The molecule has 0 N–H and O–H groups in total. The van der Waals surface area contributed by atoms with Crippen LogP contribution in [0, 0.1) is 0 Å². The van der Waals surface area contributed by atoms with E-state index in [0.717, 1.165) is 34.5 Å². The molecular weight excluding hydrogens is 267 g/mol. The summed E-state index contributed by atoms with van der Waals surface area (Å²) in [6.45, 7) is 1.22. The van der Waals surface area contributed by atoms with Crippen molar-refractivity contribution < 1.29 is 33.2 Å². The van der Waals surface area contributed by atoms with Crippen LogP contribution in [0.5, 0.6) is 0 Å². The van der Waals surface area contributed by atoms with Gasteiger partial charge in [0, 0.05) is 16.9 Å². The maximum Gasteiger partial charge on any atom is 1.00 e. The van der Waals surface area contributed by atoms with Gasteiger partial charge in [0.15, 0.2) is 0 Å². The zero-order valence-corrected chi connectivity index (χ0v) is 12.3. The maximum absolute atomic E-state index is 10.2. The topological polar surface area (TPSA) is 41.5 Å². The fraction of sp³-hybridized carbons (Fsp3) is 0.200. The molecule has 0 heterocycles. The summed E-state index contributed by atoms with van der Waals surface area (Å²) >= 11 is 0.845. The third kappa shape index (κ3) is 5.72. The number of hydrogen-bond donors (Lipinski definition) is 0. The Kier molecular flexibility index (Phi) is 8.71. The fourth-order valence-electron chi connectivity index (χ4n) is 1.77. The van der Waals surface area contributed by atoms with Crippen molar-refractivity contribution in [1.29, 1.82) is 0 Å². The maximum atomic E-state index is 10.2. The van der Waals surface area contributed by atoms with E-state index in [0.29, 0.717) is 13.2 Å². The van der Waals surface area contributed by atoms with Gasteiger partial charge in [0.05, 0.1) is 13.2 Å². The number of benzene rings is 2. The minimum absolute atomic E-state index is 0. The summed E-state index contributed by atoms with van der Waals surface area (Å²) in [5, 5.41) is 10.2. The summed E-state index contributed by atoms with van der Waals surface area (Å²) in [6.07, 6.45) is 0.763. The van der Waals surface area contributed by atoms with Crippen LogP contribution in [0.3, 0.4) is 0 Å². The summed E-state index contributed by atoms with van der Waals surface area (Å²) in [5.74, 6) is 0. The predicted octanol–water partition coefficient (Wildman–Crippen LogP) is -0.251. The monoisotopic (exact) mass is 282 g/mol. The first-order valence-electron chi connectivity index (χ1n) is 6.06. The normalized spacial score (nSPS) is 10.1. The zero-order valence-electron chi connectivity index (χ0n) is 11.5. The Hall–Kier alpha value is -0.733. The van der Waals surface area contributed by atoms with Crippen LogP contribution in [0.25, 0.3) is 0 Å². The fourth-order valence-corrected chi connectivity index (χ4v) is 2.26. The molecule has 0 atom stereocenters. The van der Waals surface area contributed by atoms with E-state index in [1.807, 2.05) is 54.6 Å². The van der Waals surface area contributed by atoms with Gasteiger partial charge in [-0.05, 0) is 23.6 Å². The summed E-state index contributed by atoms with van der Waals surface area (Å²) in [5.41, 5.74) is 2.23. The predicted molar refractivity (Wildman–Crippen MR) is 73.2 cm³/mol. The van der Waals surface area contributed by atoms with Crippen molar-refractivity contribution in [1.82, 2.24) is 0 Å². The van der Waals surface area contributed by atoms with Crippen molar-refractivity contribution in [3.05, 3.63) is 65.7 Å². The van der Waals surface area contributed by atoms with Gasteiger partial charge < -0.3 is 14.3 Å². The minimum Gasteiger partial charge on any atom is -0.710 e. The molecule has 100 valence electrons. The van der Waals surface area contributed by atoms with Crippen molar-refractivity contribution in [3.8, 4) is 0 Å².